The molecule has 0 aliphatic heterocycles. The summed E-state index contributed by atoms with van der Waals surface area (Å²) in [5, 5.41) is 3.76. The molecule has 90 valence electrons. The van der Waals surface area contributed by atoms with Crippen molar-refractivity contribution >= 4 is 22.4 Å². The molecule has 0 amide bonds. The van der Waals surface area contributed by atoms with E-state index < -0.39 is 11.6 Å². The molecule has 0 radical (unpaired) electrons. The first-order valence-corrected chi connectivity index (χ1v) is 5.75. The number of nitrogens with zero attached hydrogens (tertiary/aromatic N) is 1. The summed E-state index contributed by atoms with van der Waals surface area (Å²) in [6.07, 6.45) is 0. The van der Waals surface area contributed by atoms with Crippen molar-refractivity contribution in [2.45, 2.75) is 13.5 Å². The summed E-state index contributed by atoms with van der Waals surface area (Å²) < 4.78 is 30.2. The highest BCUT2D eigenvalue weighted by Crippen LogP contribution is 2.26. The molecule has 6 heteroatoms. The first-order chi connectivity index (χ1) is 8.08. The number of nitrogen functional groups attached to an aromatic ring is 1. The Morgan fingerprint density at radius 3 is 2.82 bits per heavy atom. The number of rotatable bonds is 3. The van der Waals surface area contributed by atoms with Crippen molar-refractivity contribution in [3.63, 3.8) is 0 Å². The summed E-state index contributed by atoms with van der Waals surface area (Å²) in [6.45, 7) is 2.02. The molecule has 0 spiro atoms. The van der Waals surface area contributed by atoms with Crippen LogP contribution in [0.3, 0.4) is 0 Å². The standard InChI is InChI=1S/C11H11F2N3S/c1-6-10(14)16-17-11(6)15-5-7-4-8(12)2-3-9(7)13/h2-4,15H,5H2,1H3,(H2,14,16). The van der Waals surface area contributed by atoms with Gasteiger partial charge in [-0.15, -0.1) is 0 Å². The molecule has 17 heavy (non-hydrogen) atoms. The van der Waals surface area contributed by atoms with Crippen LogP contribution in [0.15, 0.2) is 18.2 Å². The van der Waals surface area contributed by atoms with Crippen molar-refractivity contribution in [2.75, 3.05) is 11.1 Å². The summed E-state index contributed by atoms with van der Waals surface area (Å²) in [6, 6.07) is 3.37. The smallest absolute Gasteiger partial charge is 0.142 e. The maximum atomic E-state index is 13.3. The van der Waals surface area contributed by atoms with Gasteiger partial charge in [0, 0.05) is 17.7 Å². The Morgan fingerprint density at radius 2 is 2.18 bits per heavy atom. The molecule has 2 rings (SSSR count). The molecule has 3 N–H and O–H groups in total. The van der Waals surface area contributed by atoms with Crippen molar-refractivity contribution in [1.82, 2.24) is 4.37 Å². The van der Waals surface area contributed by atoms with Gasteiger partial charge in [0.05, 0.1) is 0 Å². The minimum atomic E-state index is -0.455. The molecule has 0 unspecified atom stereocenters. The molecule has 0 saturated heterocycles. The van der Waals surface area contributed by atoms with Crippen LogP contribution in [-0.4, -0.2) is 4.37 Å². The first kappa shape index (κ1) is 11.8. The lowest BCUT2D eigenvalue weighted by Crippen LogP contribution is -2.02. The van der Waals surface area contributed by atoms with E-state index in [1.54, 1.807) is 0 Å². The van der Waals surface area contributed by atoms with Crippen molar-refractivity contribution < 1.29 is 8.78 Å². The van der Waals surface area contributed by atoms with Crippen LogP contribution < -0.4 is 11.1 Å². The zero-order valence-corrected chi connectivity index (χ0v) is 9.94. The highest BCUT2D eigenvalue weighted by molar-refractivity contribution is 7.10. The topological polar surface area (TPSA) is 50.9 Å². The summed E-state index contributed by atoms with van der Waals surface area (Å²) in [5.74, 6) is -0.435. The van der Waals surface area contributed by atoms with E-state index in [4.69, 9.17) is 5.73 Å². The summed E-state index contributed by atoms with van der Waals surface area (Å²) >= 11 is 1.20. The lowest BCUT2D eigenvalue weighted by atomic mass is 10.2. The normalized spacial score (nSPS) is 10.5. The molecule has 0 aliphatic carbocycles. The number of aromatic nitrogens is 1. The second-order valence-corrected chi connectivity index (χ2v) is 4.38. The maximum absolute atomic E-state index is 13.3. The summed E-state index contributed by atoms with van der Waals surface area (Å²) in [4.78, 5) is 0. The van der Waals surface area contributed by atoms with Crippen LogP contribution in [0.5, 0.6) is 0 Å². The van der Waals surface area contributed by atoms with Crippen LogP contribution in [0.1, 0.15) is 11.1 Å². The summed E-state index contributed by atoms with van der Waals surface area (Å²) in [5.41, 5.74) is 6.69. The van der Waals surface area contributed by atoms with Crippen LogP contribution in [-0.2, 0) is 6.54 Å². The van der Waals surface area contributed by atoms with E-state index in [2.05, 4.69) is 9.69 Å². The third-order valence-corrected chi connectivity index (χ3v) is 3.33. The number of halogens is 2. The van der Waals surface area contributed by atoms with Crippen molar-refractivity contribution in [3.8, 4) is 0 Å². The fraction of sp³-hybridized carbons (Fsp3) is 0.182. The van der Waals surface area contributed by atoms with E-state index >= 15 is 0 Å². The average molecular weight is 255 g/mol. The van der Waals surface area contributed by atoms with Crippen LogP contribution >= 0.6 is 11.5 Å². The fourth-order valence-electron chi connectivity index (χ4n) is 1.37. The lowest BCUT2D eigenvalue weighted by Gasteiger charge is -2.06. The Bertz CT molecular complexity index is 540. The Hall–Kier alpha value is -1.69. The van der Waals surface area contributed by atoms with E-state index in [9.17, 15) is 8.78 Å². The number of nitrogens with two attached hydrogens (primary N) is 1. The second-order valence-electron chi connectivity index (χ2n) is 3.61. The number of hydrogen-bond acceptors (Lipinski definition) is 4. The number of anilines is 2. The van der Waals surface area contributed by atoms with Crippen LogP contribution in [0.25, 0.3) is 0 Å². The SMILES string of the molecule is Cc1c(N)nsc1NCc1cc(F)ccc1F. The first-order valence-electron chi connectivity index (χ1n) is 4.97. The molecular weight excluding hydrogens is 244 g/mol. The van der Waals surface area contributed by atoms with Crippen molar-refractivity contribution in [2.24, 2.45) is 0 Å². The fourth-order valence-corrected chi connectivity index (χ4v) is 2.07. The quantitative estimate of drug-likeness (QED) is 0.886. The zero-order chi connectivity index (χ0) is 12.4. The molecule has 1 aromatic carbocycles. The molecule has 0 fully saturated rings. The number of nitrogens with one attached hydrogen (secondary N) is 1. The van der Waals surface area contributed by atoms with Crippen molar-refractivity contribution in [1.29, 1.82) is 0 Å². The average Bonchev–Trinajstić information content (AvgIpc) is 2.62. The van der Waals surface area contributed by atoms with E-state index in [1.165, 1.54) is 17.6 Å². The molecule has 1 heterocycles. The molecule has 0 bridgehead atoms. The van der Waals surface area contributed by atoms with Gasteiger partial charge in [0.25, 0.3) is 0 Å². The monoisotopic (exact) mass is 255 g/mol. The highest BCUT2D eigenvalue weighted by Gasteiger charge is 2.08. The molecule has 2 aromatic rings. The third kappa shape index (κ3) is 2.52. The van der Waals surface area contributed by atoms with Gasteiger partial charge in [0.15, 0.2) is 0 Å². The van der Waals surface area contributed by atoms with Crippen molar-refractivity contribution in [3.05, 3.63) is 41.0 Å². The van der Waals surface area contributed by atoms with Gasteiger partial charge in [-0.05, 0) is 36.7 Å². The van der Waals surface area contributed by atoms with E-state index in [0.29, 0.717) is 5.82 Å². The highest BCUT2D eigenvalue weighted by atomic mass is 32.1. The Morgan fingerprint density at radius 1 is 1.41 bits per heavy atom. The molecule has 0 atom stereocenters. The van der Waals surface area contributed by atoms with E-state index in [-0.39, 0.29) is 12.1 Å². The summed E-state index contributed by atoms with van der Waals surface area (Å²) in [7, 11) is 0. The Balaban J connectivity index is 2.12. The van der Waals surface area contributed by atoms with Gasteiger partial charge in [-0.25, -0.2) is 8.78 Å². The number of benzene rings is 1. The van der Waals surface area contributed by atoms with Crippen LogP contribution in [0, 0.1) is 18.6 Å². The van der Waals surface area contributed by atoms with Crippen LogP contribution in [0.2, 0.25) is 0 Å². The van der Waals surface area contributed by atoms with Gasteiger partial charge < -0.3 is 11.1 Å². The second kappa shape index (κ2) is 4.67. The number of hydrogen-bond donors (Lipinski definition) is 2. The Labute approximate surface area is 101 Å². The van der Waals surface area contributed by atoms with E-state index in [1.807, 2.05) is 6.92 Å². The van der Waals surface area contributed by atoms with Gasteiger partial charge in [0.2, 0.25) is 0 Å². The van der Waals surface area contributed by atoms with Gasteiger partial charge >= 0.3 is 0 Å². The van der Waals surface area contributed by atoms with Gasteiger partial charge in [-0.3, -0.25) is 0 Å². The minimum absolute atomic E-state index is 0.200. The zero-order valence-electron chi connectivity index (χ0n) is 9.13. The lowest BCUT2D eigenvalue weighted by molar-refractivity contribution is 0.588. The van der Waals surface area contributed by atoms with Gasteiger partial charge in [-0.1, -0.05) is 0 Å². The molecule has 0 saturated carbocycles. The predicted molar refractivity (Wildman–Crippen MR) is 64.9 cm³/mol. The molecule has 0 aliphatic rings. The molecular formula is C11H11F2N3S. The minimum Gasteiger partial charge on any atom is -0.383 e. The molecule has 1 aromatic heterocycles. The largest absolute Gasteiger partial charge is 0.383 e. The van der Waals surface area contributed by atoms with Gasteiger partial charge in [0.1, 0.15) is 22.5 Å². The molecule has 3 nitrogen and oxygen atoms in total. The Kier molecular flexibility index (Phi) is 3.23. The van der Waals surface area contributed by atoms with Gasteiger partial charge in [-0.2, -0.15) is 4.37 Å². The maximum Gasteiger partial charge on any atom is 0.142 e. The van der Waals surface area contributed by atoms with E-state index in [0.717, 1.165) is 22.7 Å². The van der Waals surface area contributed by atoms with Crippen LogP contribution in [0.4, 0.5) is 19.6 Å². The predicted octanol–water partition coefficient (Wildman–Crippen LogP) is 2.92. The third-order valence-electron chi connectivity index (χ3n) is 2.41.